The van der Waals surface area contributed by atoms with Gasteiger partial charge in [-0.3, -0.25) is 14.0 Å². The number of benzene rings is 2. The van der Waals surface area contributed by atoms with Crippen molar-refractivity contribution in [2.24, 2.45) is 18.7 Å². The molecule has 0 spiro atoms. The number of fused-ring (bicyclic) bond motifs is 1. The van der Waals surface area contributed by atoms with Crippen LogP contribution in [0.25, 0.3) is 27.9 Å². The summed E-state index contributed by atoms with van der Waals surface area (Å²) in [4.78, 5) is 17.4. The van der Waals surface area contributed by atoms with Crippen molar-refractivity contribution in [1.82, 2.24) is 24.6 Å². The van der Waals surface area contributed by atoms with Crippen LogP contribution >= 0.6 is 23.8 Å². The van der Waals surface area contributed by atoms with E-state index in [9.17, 15) is 4.79 Å². The van der Waals surface area contributed by atoms with Gasteiger partial charge < -0.3 is 20.5 Å². The van der Waals surface area contributed by atoms with Gasteiger partial charge in [0.2, 0.25) is 5.91 Å². The molecule has 0 bridgehead atoms. The highest BCUT2D eigenvalue weighted by molar-refractivity contribution is 7.81. The minimum Gasteiger partial charge on any atom is -0.492 e. The molecule has 6 rings (SSSR count). The van der Waals surface area contributed by atoms with E-state index >= 15 is 0 Å². The summed E-state index contributed by atoms with van der Waals surface area (Å²) in [5.74, 6) is 0.508. The minimum absolute atomic E-state index is 0.226. The summed E-state index contributed by atoms with van der Waals surface area (Å²) in [5.41, 5.74) is 11.1. The smallest absolute Gasteiger partial charge is 0.250 e. The van der Waals surface area contributed by atoms with Crippen molar-refractivity contribution in [3.8, 4) is 16.9 Å². The number of rotatable bonds is 9. The molecule has 2 atom stereocenters. The number of carbonyl (C=O) groups is 1. The number of aromatic nitrogens is 4. The number of nitrogens with two attached hydrogens (primary N) is 1. The van der Waals surface area contributed by atoms with Crippen molar-refractivity contribution < 1.29 is 14.3 Å². The number of ether oxygens (including phenoxy) is 2. The Morgan fingerprint density at radius 1 is 1.23 bits per heavy atom. The number of thiocarbonyl (C=S) groups is 1. The lowest BCUT2D eigenvalue weighted by molar-refractivity contribution is -0.114. The average Bonchev–Trinajstić information content (AvgIpc) is 3.64. The lowest BCUT2D eigenvalue weighted by Crippen LogP contribution is -2.32. The summed E-state index contributed by atoms with van der Waals surface area (Å²) >= 11 is 12.5. The molecule has 43 heavy (non-hydrogen) atoms. The number of carbonyl (C=O) groups excluding carboxylic acids is 1. The maximum atomic E-state index is 12.5. The third kappa shape index (κ3) is 6.14. The fraction of sp³-hybridized carbons (Fsp3) is 0.312. The number of halogens is 1. The average molecular weight is 617 g/mol. The summed E-state index contributed by atoms with van der Waals surface area (Å²) < 4.78 is 16.3. The van der Waals surface area contributed by atoms with E-state index in [-0.39, 0.29) is 5.57 Å². The van der Waals surface area contributed by atoms with Crippen molar-refractivity contribution >= 4 is 51.3 Å². The van der Waals surface area contributed by atoms with E-state index in [1.165, 1.54) is 0 Å². The first-order valence-electron chi connectivity index (χ1n) is 14.3. The van der Waals surface area contributed by atoms with Crippen LogP contribution in [0.15, 0.2) is 72.8 Å². The minimum atomic E-state index is -0.699. The Morgan fingerprint density at radius 3 is 2.79 bits per heavy atom. The predicted octanol–water partition coefficient (Wildman–Crippen LogP) is 5.25. The van der Waals surface area contributed by atoms with Crippen molar-refractivity contribution in [3.05, 3.63) is 83.4 Å². The molecule has 222 valence electrons. The first-order chi connectivity index (χ1) is 20.8. The lowest BCUT2D eigenvalue weighted by atomic mass is 9.98. The van der Waals surface area contributed by atoms with Crippen molar-refractivity contribution in [3.63, 3.8) is 0 Å². The normalized spacial score (nSPS) is 18.4. The van der Waals surface area contributed by atoms with Crippen LogP contribution in [-0.2, 0) is 16.6 Å². The van der Waals surface area contributed by atoms with Crippen molar-refractivity contribution in [1.29, 1.82) is 0 Å². The zero-order chi connectivity index (χ0) is 30.1. The van der Waals surface area contributed by atoms with Crippen LogP contribution in [0.2, 0.25) is 5.02 Å². The number of nitrogens with zero attached hydrogens (tertiary/aromatic N) is 4. The second-order valence-corrected chi connectivity index (χ2v) is 11.8. The Labute approximate surface area is 260 Å². The highest BCUT2D eigenvalue weighted by atomic mass is 35.5. The van der Waals surface area contributed by atoms with E-state index < -0.39 is 18.1 Å². The second kappa shape index (κ2) is 12.4. The van der Waals surface area contributed by atoms with Crippen LogP contribution in [0.1, 0.15) is 31.4 Å². The van der Waals surface area contributed by atoms with Crippen LogP contribution in [0.5, 0.6) is 5.75 Å². The number of nitrogens with one attached hydrogen (secondary N) is 1. The van der Waals surface area contributed by atoms with Gasteiger partial charge >= 0.3 is 0 Å². The molecule has 11 heteroatoms. The number of piperidine rings is 1. The van der Waals surface area contributed by atoms with Gasteiger partial charge in [0.05, 0.1) is 45.4 Å². The first-order valence-corrected chi connectivity index (χ1v) is 15.1. The molecule has 1 aliphatic heterocycles. The number of primary amides is 1. The molecule has 1 aliphatic carbocycles. The van der Waals surface area contributed by atoms with Gasteiger partial charge in [-0.1, -0.05) is 42.0 Å². The highest BCUT2D eigenvalue weighted by Gasteiger charge is 2.29. The molecule has 2 aromatic carbocycles. The molecule has 1 unspecified atom stereocenters. The molecule has 4 aromatic rings. The molecule has 2 aliphatic rings. The third-order valence-corrected chi connectivity index (χ3v) is 8.84. The van der Waals surface area contributed by atoms with Crippen LogP contribution in [0, 0.1) is 5.92 Å². The molecule has 3 N–H and O–H groups in total. The molecule has 1 fully saturated rings. The van der Waals surface area contributed by atoms with Crippen molar-refractivity contribution in [2.75, 3.05) is 19.7 Å². The highest BCUT2D eigenvalue weighted by Crippen LogP contribution is 2.36. The van der Waals surface area contributed by atoms with Crippen molar-refractivity contribution in [2.45, 2.75) is 32.0 Å². The molecule has 1 saturated heterocycles. The Balaban J connectivity index is 1.26. The quantitative estimate of drug-likeness (QED) is 0.247. The van der Waals surface area contributed by atoms with Crippen LogP contribution in [0.4, 0.5) is 0 Å². The largest absolute Gasteiger partial charge is 0.492 e. The summed E-state index contributed by atoms with van der Waals surface area (Å²) in [5, 5.41) is 8.14. The van der Waals surface area contributed by atoms with Gasteiger partial charge in [0.25, 0.3) is 0 Å². The molecule has 0 radical (unpaired) electrons. The van der Waals surface area contributed by atoms with E-state index in [0.29, 0.717) is 33.9 Å². The zero-order valence-corrected chi connectivity index (χ0v) is 25.6. The molecule has 0 saturated carbocycles. The fourth-order valence-electron chi connectivity index (χ4n) is 5.57. The predicted molar refractivity (Wildman–Crippen MR) is 172 cm³/mol. The van der Waals surface area contributed by atoms with Crippen LogP contribution in [-0.4, -0.2) is 55.9 Å². The molecular formula is C32H33ClN6O3S. The summed E-state index contributed by atoms with van der Waals surface area (Å²) in [6.07, 6.45) is 10.1. The fourth-order valence-corrected chi connectivity index (χ4v) is 6.18. The molecular weight excluding hydrogens is 584 g/mol. The number of hydrogen-bond acceptors (Lipinski definition) is 7. The molecule has 9 nitrogen and oxygen atoms in total. The number of aryl methyl sites for hydroxylation is 1. The maximum absolute atomic E-state index is 12.5. The maximum Gasteiger partial charge on any atom is 0.250 e. The molecule has 1 amide bonds. The topological polar surface area (TPSA) is 109 Å². The number of hydrogen-bond donors (Lipinski definition) is 2. The van der Waals surface area contributed by atoms with E-state index in [2.05, 4.69) is 15.4 Å². The zero-order valence-electron chi connectivity index (χ0n) is 24.0. The second-order valence-electron chi connectivity index (χ2n) is 11.0. The number of allylic oxidation sites excluding steroid dienone is 2. The van der Waals surface area contributed by atoms with E-state index in [0.717, 1.165) is 53.7 Å². The van der Waals surface area contributed by atoms with Gasteiger partial charge in [-0.15, -0.1) is 0 Å². The SMILES string of the molecule is C[C@@H](OC1C=C(n2cnc3cc(-c4cnn(C)c4)ccc32)C=C(C(N)=O)C1=S)c1cccc(OCC2CCNCC2)c1Cl. The van der Waals surface area contributed by atoms with Gasteiger partial charge in [0.15, 0.2) is 0 Å². The number of amides is 1. The Kier molecular flexibility index (Phi) is 8.45. The van der Waals surface area contributed by atoms with Gasteiger partial charge in [-0.25, -0.2) is 4.98 Å². The summed E-state index contributed by atoms with van der Waals surface area (Å²) in [6.45, 7) is 4.54. The van der Waals surface area contributed by atoms with Gasteiger partial charge in [0, 0.05) is 30.1 Å². The van der Waals surface area contributed by atoms with Crippen LogP contribution < -0.4 is 15.8 Å². The van der Waals surface area contributed by atoms with E-state index in [1.807, 2.05) is 73.4 Å². The standard InChI is InChI=1S/C32H33ClN6O3S/c1-19(24-4-3-5-28(30(24)33)41-17-20-8-10-35-11-9-20)42-29-14-23(13-25(31(29)43)32(34)40)39-18-36-26-12-21(6-7-27(26)39)22-15-37-38(2)16-22/h3-7,12-16,18-20,29,35H,8-11,17H2,1-2H3,(H2,34,40)/t19-,29?/m1/s1. The monoisotopic (exact) mass is 616 g/mol. The lowest BCUT2D eigenvalue weighted by Gasteiger charge is -2.27. The third-order valence-electron chi connectivity index (χ3n) is 7.98. The Bertz CT molecular complexity index is 1750. The Morgan fingerprint density at radius 2 is 2.05 bits per heavy atom. The first kappa shape index (κ1) is 29.3. The Hall–Kier alpha value is -3.83. The van der Waals surface area contributed by atoms with Crippen LogP contribution in [0.3, 0.4) is 0 Å². The summed E-state index contributed by atoms with van der Waals surface area (Å²) in [7, 11) is 1.88. The van der Waals surface area contributed by atoms with Gasteiger partial charge in [0.1, 0.15) is 18.2 Å². The molecule has 2 aromatic heterocycles. The molecule has 3 heterocycles. The van der Waals surface area contributed by atoms with E-state index in [1.54, 1.807) is 17.1 Å². The van der Waals surface area contributed by atoms with Gasteiger partial charge in [-0.2, -0.15) is 5.10 Å². The summed E-state index contributed by atoms with van der Waals surface area (Å²) in [6, 6.07) is 11.7. The van der Waals surface area contributed by atoms with Gasteiger partial charge in [-0.05, 0) is 74.7 Å². The van der Waals surface area contributed by atoms with E-state index in [4.69, 9.17) is 39.0 Å². The number of imidazole rings is 1.